The maximum absolute atomic E-state index is 13.0. The van der Waals surface area contributed by atoms with Gasteiger partial charge < -0.3 is 14.5 Å². The molecule has 152 valence electrons. The molecule has 0 aliphatic rings. The number of benzene rings is 2. The Bertz CT molecular complexity index is 1100. The lowest BCUT2D eigenvalue weighted by atomic mass is 10.1. The first kappa shape index (κ1) is 19.8. The number of carbonyl (C=O) groups is 1. The Labute approximate surface area is 175 Å². The Morgan fingerprint density at radius 2 is 1.90 bits per heavy atom. The zero-order valence-electron chi connectivity index (χ0n) is 15.7. The number of fused-ring (bicyclic) bond motifs is 1. The lowest BCUT2D eigenvalue weighted by Gasteiger charge is -2.07. The summed E-state index contributed by atoms with van der Waals surface area (Å²) in [7, 11) is 0. The van der Waals surface area contributed by atoms with E-state index in [1.54, 1.807) is 24.3 Å². The van der Waals surface area contributed by atoms with E-state index in [-0.39, 0.29) is 24.1 Å². The Hall–Kier alpha value is -3.46. The molecule has 9 heteroatoms. The normalized spacial score (nSPS) is 10.8. The lowest BCUT2D eigenvalue weighted by molar-refractivity contribution is -0.118. The summed E-state index contributed by atoms with van der Waals surface area (Å²) >= 11 is 1.23. The molecule has 0 bridgehead atoms. The molecule has 2 heterocycles. The number of amides is 1. The minimum atomic E-state index is -0.305. The summed E-state index contributed by atoms with van der Waals surface area (Å²) in [5.41, 5.74) is 2.84. The fraction of sp³-hybridized carbons (Fsp3) is 0.143. The number of hydrogen-bond donors (Lipinski definition) is 1. The Balaban J connectivity index is 1.18. The zero-order valence-corrected chi connectivity index (χ0v) is 16.6. The van der Waals surface area contributed by atoms with Gasteiger partial charge >= 0.3 is 0 Å². The Morgan fingerprint density at radius 3 is 2.67 bits per heavy atom. The quantitative estimate of drug-likeness (QED) is 0.341. The highest BCUT2D eigenvalue weighted by Gasteiger charge is 2.09. The second kappa shape index (κ2) is 9.36. The summed E-state index contributed by atoms with van der Waals surface area (Å²) in [4.78, 5) is 16.3. The molecule has 7 nitrogen and oxygen atoms in total. The van der Waals surface area contributed by atoms with Crippen LogP contribution in [0.1, 0.15) is 0 Å². The van der Waals surface area contributed by atoms with Gasteiger partial charge in [0.05, 0.1) is 18.0 Å². The number of halogens is 1. The fourth-order valence-corrected chi connectivity index (χ4v) is 3.28. The molecular formula is C21H17FN4O3S. The SMILES string of the molecule is O=C(CSc1nc2ccccc2o1)NCCOc1ccc(-c2ccc(F)cc2)nn1. The summed E-state index contributed by atoms with van der Waals surface area (Å²) in [6.07, 6.45) is 0. The van der Waals surface area contributed by atoms with Gasteiger partial charge in [0.25, 0.3) is 5.22 Å². The number of ether oxygens (including phenoxy) is 1. The topological polar surface area (TPSA) is 90.1 Å². The Kier molecular flexibility index (Phi) is 6.19. The molecule has 0 fully saturated rings. The second-order valence-corrected chi connectivity index (χ2v) is 7.12. The van der Waals surface area contributed by atoms with Crippen LogP contribution < -0.4 is 10.1 Å². The van der Waals surface area contributed by atoms with Crippen LogP contribution >= 0.6 is 11.8 Å². The molecule has 0 saturated heterocycles. The van der Waals surface area contributed by atoms with E-state index in [1.807, 2.05) is 24.3 Å². The monoisotopic (exact) mass is 424 g/mol. The summed E-state index contributed by atoms with van der Waals surface area (Å²) in [5.74, 6) is 0.0828. The van der Waals surface area contributed by atoms with Crippen LogP contribution in [0.2, 0.25) is 0 Å². The van der Waals surface area contributed by atoms with E-state index in [0.717, 1.165) is 11.1 Å². The van der Waals surface area contributed by atoms with Crippen LogP contribution in [-0.4, -0.2) is 40.0 Å². The van der Waals surface area contributed by atoms with E-state index in [9.17, 15) is 9.18 Å². The molecule has 30 heavy (non-hydrogen) atoms. The average molecular weight is 424 g/mol. The van der Waals surface area contributed by atoms with Crippen molar-refractivity contribution in [2.75, 3.05) is 18.9 Å². The number of nitrogens with zero attached hydrogens (tertiary/aromatic N) is 3. The molecule has 0 aliphatic carbocycles. The van der Waals surface area contributed by atoms with Crippen molar-refractivity contribution in [2.24, 2.45) is 0 Å². The first-order chi connectivity index (χ1) is 14.7. The fourth-order valence-electron chi connectivity index (χ4n) is 2.61. The molecule has 0 aliphatic heterocycles. The molecule has 0 radical (unpaired) electrons. The smallest absolute Gasteiger partial charge is 0.257 e. The van der Waals surface area contributed by atoms with E-state index in [0.29, 0.717) is 28.9 Å². The third kappa shape index (κ3) is 5.12. The van der Waals surface area contributed by atoms with E-state index in [2.05, 4.69) is 20.5 Å². The molecule has 0 unspecified atom stereocenters. The van der Waals surface area contributed by atoms with Crippen molar-refractivity contribution in [3.63, 3.8) is 0 Å². The van der Waals surface area contributed by atoms with Crippen molar-refractivity contribution in [1.82, 2.24) is 20.5 Å². The predicted molar refractivity (Wildman–Crippen MR) is 111 cm³/mol. The van der Waals surface area contributed by atoms with Gasteiger partial charge in [-0.1, -0.05) is 23.9 Å². The number of nitrogens with one attached hydrogen (secondary N) is 1. The van der Waals surface area contributed by atoms with E-state index in [1.165, 1.54) is 23.9 Å². The van der Waals surface area contributed by atoms with Crippen LogP contribution in [0.5, 0.6) is 5.88 Å². The van der Waals surface area contributed by atoms with Crippen molar-refractivity contribution in [2.45, 2.75) is 5.22 Å². The van der Waals surface area contributed by atoms with Gasteiger partial charge in [-0.2, -0.15) is 0 Å². The standard InChI is InChI=1S/C21H17FN4O3S/c22-15-7-5-14(6-8-15)16-9-10-20(26-25-16)28-12-11-23-19(27)13-30-21-24-17-3-1-2-4-18(17)29-21/h1-10H,11-13H2,(H,23,27). The van der Waals surface area contributed by atoms with Crippen LogP contribution in [-0.2, 0) is 4.79 Å². The number of hydrogen-bond acceptors (Lipinski definition) is 7. The van der Waals surface area contributed by atoms with Crippen LogP contribution in [0.25, 0.3) is 22.4 Å². The molecule has 4 aromatic rings. The number of oxazole rings is 1. The van der Waals surface area contributed by atoms with Gasteiger partial charge in [0.2, 0.25) is 11.8 Å². The van der Waals surface area contributed by atoms with Gasteiger partial charge in [0.15, 0.2) is 5.58 Å². The number of thioether (sulfide) groups is 1. The van der Waals surface area contributed by atoms with Crippen LogP contribution in [0.4, 0.5) is 4.39 Å². The van der Waals surface area contributed by atoms with Crippen molar-refractivity contribution < 1.29 is 18.3 Å². The first-order valence-corrected chi connectivity index (χ1v) is 10.1. The molecule has 1 N–H and O–H groups in total. The summed E-state index contributed by atoms with van der Waals surface area (Å²) < 4.78 is 24.0. The molecule has 0 atom stereocenters. The van der Waals surface area contributed by atoms with E-state index in [4.69, 9.17) is 9.15 Å². The molecular weight excluding hydrogens is 407 g/mol. The number of carbonyl (C=O) groups excluding carboxylic acids is 1. The third-order valence-corrected chi connectivity index (χ3v) is 4.88. The molecule has 0 spiro atoms. The van der Waals surface area contributed by atoms with E-state index >= 15 is 0 Å². The van der Waals surface area contributed by atoms with Gasteiger partial charge in [-0.05, 0) is 42.5 Å². The summed E-state index contributed by atoms with van der Waals surface area (Å²) in [6.45, 7) is 0.582. The second-order valence-electron chi connectivity index (χ2n) is 6.20. The minimum Gasteiger partial charge on any atom is -0.475 e. The van der Waals surface area contributed by atoms with Gasteiger partial charge in [-0.3, -0.25) is 4.79 Å². The lowest BCUT2D eigenvalue weighted by Crippen LogP contribution is -2.29. The number of para-hydroxylation sites is 2. The maximum atomic E-state index is 13.0. The van der Waals surface area contributed by atoms with Gasteiger partial charge in [-0.15, -0.1) is 10.2 Å². The number of rotatable bonds is 8. The van der Waals surface area contributed by atoms with Gasteiger partial charge in [0.1, 0.15) is 17.9 Å². The van der Waals surface area contributed by atoms with Crippen molar-refractivity contribution in [3.8, 4) is 17.1 Å². The summed E-state index contributed by atoms with van der Waals surface area (Å²) in [5, 5.41) is 11.3. The predicted octanol–water partition coefficient (Wildman–Crippen LogP) is 3.71. The average Bonchev–Trinajstić information content (AvgIpc) is 3.19. The third-order valence-electron chi connectivity index (χ3n) is 4.06. The van der Waals surface area contributed by atoms with Crippen molar-refractivity contribution in [1.29, 1.82) is 0 Å². The largest absolute Gasteiger partial charge is 0.475 e. The van der Waals surface area contributed by atoms with Gasteiger partial charge in [0, 0.05) is 11.6 Å². The van der Waals surface area contributed by atoms with Crippen molar-refractivity contribution >= 4 is 28.8 Å². The highest BCUT2D eigenvalue weighted by Crippen LogP contribution is 2.22. The molecule has 1 amide bonds. The Morgan fingerprint density at radius 1 is 1.07 bits per heavy atom. The summed E-state index contributed by atoms with van der Waals surface area (Å²) in [6, 6.07) is 16.9. The molecule has 2 aromatic carbocycles. The minimum absolute atomic E-state index is 0.149. The molecule has 0 saturated carbocycles. The van der Waals surface area contributed by atoms with Crippen LogP contribution in [0, 0.1) is 5.82 Å². The van der Waals surface area contributed by atoms with E-state index < -0.39 is 0 Å². The van der Waals surface area contributed by atoms with Crippen LogP contribution in [0.15, 0.2) is 70.3 Å². The highest BCUT2D eigenvalue weighted by atomic mass is 32.2. The maximum Gasteiger partial charge on any atom is 0.257 e. The van der Waals surface area contributed by atoms with Crippen molar-refractivity contribution in [3.05, 3.63) is 66.5 Å². The number of aromatic nitrogens is 3. The molecule has 2 aromatic heterocycles. The molecule has 4 rings (SSSR count). The first-order valence-electron chi connectivity index (χ1n) is 9.15. The highest BCUT2D eigenvalue weighted by molar-refractivity contribution is 7.99. The van der Waals surface area contributed by atoms with Crippen LogP contribution in [0.3, 0.4) is 0 Å². The zero-order chi connectivity index (χ0) is 20.8. The van der Waals surface area contributed by atoms with Gasteiger partial charge in [-0.25, -0.2) is 9.37 Å².